The monoisotopic (exact) mass is 366 g/mol. The quantitative estimate of drug-likeness (QED) is 0.636. The Labute approximate surface area is 134 Å². The van der Waals surface area contributed by atoms with E-state index < -0.39 is 0 Å². The Morgan fingerprint density at radius 3 is 2.75 bits per heavy atom. The summed E-state index contributed by atoms with van der Waals surface area (Å²) in [5, 5.41) is 7.77. The van der Waals surface area contributed by atoms with E-state index in [-0.39, 0.29) is 11.0 Å². The summed E-state index contributed by atoms with van der Waals surface area (Å²) in [5.74, 6) is -0.261. The normalized spacial score (nSPS) is 10.4. The summed E-state index contributed by atoms with van der Waals surface area (Å²) >= 11 is 10.1. The molecule has 0 saturated heterocycles. The first kappa shape index (κ1) is 14.9. The molecule has 2 N–H and O–H groups in total. The van der Waals surface area contributed by atoms with Crippen LogP contribution in [0.3, 0.4) is 0 Å². The van der Waals surface area contributed by atoms with Crippen molar-refractivity contribution in [2.45, 2.75) is 0 Å². The fourth-order valence-corrected chi connectivity index (χ4v) is 2.63. The van der Waals surface area contributed by atoms with Gasteiger partial charge in [-0.15, -0.1) is 11.3 Å². The largest absolute Gasteiger partial charge is 0.331 e. The van der Waals surface area contributed by atoms with Crippen LogP contribution in [0, 0.1) is 0 Å². The number of carbonyl (C=O) groups excluding carboxylic acids is 1. The highest BCUT2D eigenvalue weighted by atomic mass is 79.9. The number of thiocarbonyl (C=S) groups is 1. The molecule has 0 saturated carbocycles. The van der Waals surface area contributed by atoms with Gasteiger partial charge < -0.3 is 5.32 Å². The number of nitrogens with one attached hydrogen (secondary N) is 2. The van der Waals surface area contributed by atoms with Crippen LogP contribution in [0.1, 0.15) is 4.88 Å². The number of thiophene rings is 1. The molecule has 1 amide bonds. The summed E-state index contributed by atoms with van der Waals surface area (Å²) in [5.41, 5.74) is 0.806. The lowest BCUT2D eigenvalue weighted by Gasteiger charge is -2.09. The highest BCUT2D eigenvalue weighted by molar-refractivity contribution is 9.10. The van der Waals surface area contributed by atoms with Gasteiger partial charge in [0.2, 0.25) is 5.91 Å². The van der Waals surface area contributed by atoms with Gasteiger partial charge in [-0.2, -0.15) is 0 Å². The maximum absolute atomic E-state index is 11.7. The first-order valence-corrected chi connectivity index (χ1v) is 7.81. The zero-order valence-corrected chi connectivity index (χ0v) is 13.5. The number of halogens is 1. The molecule has 0 aliphatic carbocycles. The molecule has 2 rings (SSSR count). The van der Waals surface area contributed by atoms with Crippen molar-refractivity contribution < 1.29 is 4.79 Å². The third-order valence-corrected chi connectivity index (χ3v) is 4.03. The molecule has 0 aliphatic rings. The topological polar surface area (TPSA) is 41.1 Å². The Bertz CT molecular complexity index is 638. The standard InChI is InChI=1S/C14H11BrN2OS2/c15-11-5-1-2-6-12(11)16-14(19)17-13(18)8-7-10-4-3-9-20-10/h1-9H,(H2,16,17,18,19)/b8-7+. The van der Waals surface area contributed by atoms with Crippen LogP contribution in [-0.2, 0) is 4.79 Å². The Balaban J connectivity index is 1.88. The lowest BCUT2D eigenvalue weighted by molar-refractivity contribution is -0.115. The van der Waals surface area contributed by atoms with Gasteiger partial charge in [-0.1, -0.05) is 18.2 Å². The molecule has 102 valence electrons. The Morgan fingerprint density at radius 1 is 1.25 bits per heavy atom. The number of anilines is 1. The molecule has 20 heavy (non-hydrogen) atoms. The van der Waals surface area contributed by atoms with Crippen molar-refractivity contribution in [3.63, 3.8) is 0 Å². The maximum atomic E-state index is 11.7. The van der Waals surface area contributed by atoms with Gasteiger partial charge in [0.05, 0.1) is 5.69 Å². The fraction of sp³-hybridized carbons (Fsp3) is 0. The zero-order chi connectivity index (χ0) is 14.4. The molecule has 3 nitrogen and oxygen atoms in total. The predicted octanol–water partition coefficient (Wildman–Crippen LogP) is 4.04. The lowest BCUT2D eigenvalue weighted by Crippen LogP contribution is -2.32. The van der Waals surface area contributed by atoms with Crippen LogP contribution in [0.25, 0.3) is 6.08 Å². The fourth-order valence-electron chi connectivity index (χ4n) is 1.41. The molecule has 6 heteroatoms. The van der Waals surface area contributed by atoms with E-state index in [2.05, 4.69) is 26.6 Å². The van der Waals surface area contributed by atoms with Crippen LogP contribution >= 0.6 is 39.5 Å². The second-order valence-corrected chi connectivity index (χ2v) is 6.01. The Morgan fingerprint density at radius 2 is 2.05 bits per heavy atom. The van der Waals surface area contributed by atoms with Gasteiger partial charge >= 0.3 is 0 Å². The number of hydrogen-bond donors (Lipinski definition) is 2. The molecule has 0 atom stereocenters. The van der Waals surface area contributed by atoms with Crippen molar-refractivity contribution in [2.24, 2.45) is 0 Å². The number of hydrogen-bond acceptors (Lipinski definition) is 3. The van der Waals surface area contributed by atoms with Crippen LogP contribution in [0.4, 0.5) is 5.69 Å². The van der Waals surface area contributed by atoms with E-state index in [9.17, 15) is 4.79 Å². The number of carbonyl (C=O) groups is 1. The van der Waals surface area contributed by atoms with Gasteiger partial charge in [-0.25, -0.2) is 0 Å². The summed E-state index contributed by atoms with van der Waals surface area (Å²) in [7, 11) is 0. The molecular formula is C14H11BrN2OS2. The van der Waals surface area contributed by atoms with E-state index in [0.717, 1.165) is 15.0 Å². The molecule has 2 aromatic rings. The minimum atomic E-state index is -0.261. The van der Waals surface area contributed by atoms with E-state index in [4.69, 9.17) is 12.2 Å². The minimum absolute atomic E-state index is 0.261. The molecule has 0 spiro atoms. The van der Waals surface area contributed by atoms with Crippen LogP contribution < -0.4 is 10.6 Å². The van der Waals surface area contributed by atoms with Crippen molar-refractivity contribution in [1.82, 2.24) is 5.32 Å². The summed E-state index contributed by atoms with van der Waals surface area (Å²) in [6.07, 6.45) is 3.21. The smallest absolute Gasteiger partial charge is 0.250 e. The maximum Gasteiger partial charge on any atom is 0.250 e. The first-order valence-electron chi connectivity index (χ1n) is 5.73. The second-order valence-electron chi connectivity index (χ2n) is 3.77. The number of rotatable bonds is 3. The SMILES string of the molecule is O=C(/C=C/c1cccs1)NC(=S)Nc1ccccc1Br. The first-order chi connectivity index (χ1) is 9.65. The van der Waals surface area contributed by atoms with E-state index in [0.29, 0.717) is 0 Å². The van der Waals surface area contributed by atoms with Crippen LogP contribution in [0.15, 0.2) is 52.3 Å². The van der Waals surface area contributed by atoms with Gasteiger partial charge in [0.25, 0.3) is 0 Å². The molecule has 1 aromatic carbocycles. The summed E-state index contributed by atoms with van der Waals surface area (Å²) in [6, 6.07) is 11.4. The average molecular weight is 367 g/mol. The van der Waals surface area contributed by atoms with Crippen LogP contribution in [0.5, 0.6) is 0 Å². The molecule has 0 radical (unpaired) electrons. The second kappa shape index (κ2) is 7.33. The van der Waals surface area contributed by atoms with Gasteiger partial charge in [0.15, 0.2) is 5.11 Å². The van der Waals surface area contributed by atoms with E-state index in [1.165, 1.54) is 6.08 Å². The Kier molecular flexibility index (Phi) is 5.46. The van der Waals surface area contributed by atoms with Gasteiger partial charge in [-0.3, -0.25) is 10.1 Å². The Hall–Kier alpha value is -1.50. The van der Waals surface area contributed by atoms with Crippen molar-refractivity contribution in [2.75, 3.05) is 5.32 Å². The lowest BCUT2D eigenvalue weighted by atomic mass is 10.3. The predicted molar refractivity (Wildman–Crippen MR) is 91.9 cm³/mol. The van der Waals surface area contributed by atoms with Crippen molar-refractivity contribution in [3.8, 4) is 0 Å². The van der Waals surface area contributed by atoms with E-state index in [1.807, 2.05) is 41.8 Å². The highest BCUT2D eigenvalue weighted by Crippen LogP contribution is 2.20. The molecule has 0 fully saturated rings. The van der Waals surface area contributed by atoms with Gasteiger partial charge in [-0.05, 0) is 57.8 Å². The van der Waals surface area contributed by atoms with Crippen LogP contribution in [-0.4, -0.2) is 11.0 Å². The molecular weight excluding hydrogens is 356 g/mol. The minimum Gasteiger partial charge on any atom is -0.331 e. The molecule has 0 aliphatic heterocycles. The third-order valence-electron chi connectivity index (χ3n) is 2.30. The van der Waals surface area contributed by atoms with Crippen molar-refractivity contribution >= 4 is 62.3 Å². The van der Waals surface area contributed by atoms with Gasteiger partial charge in [0, 0.05) is 15.4 Å². The number of benzene rings is 1. The molecule has 1 heterocycles. The van der Waals surface area contributed by atoms with E-state index in [1.54, 1.807) is 17.4 Å². The van der Waals surface area contributed by atoms with Crippen molar-refractivity contribution in [1.29, 1.82) is 0 Å². The van der Waals surface area contributed by atoms with Crippen LogP contribution in [0.2, 0.25) is 0 Å². The highest BCUT2D eigenvalue weighted by Gasteiger charge is 2.03. The molecule has 0 unspecified atom stereocenters. The molecule has 0 bridgehead atoms. The number of amides is 1. The summed E-state index contributed by atoms with van der Waals surface area (Å²) in [4.78, 5) is 12.7. The summed E-state index contributed by atoms with van der Waals surface area (Å²) in [6.45, 7) is 0. The number of para-hydroxylation sites is 1. The van der Waals surface area contributed by atoms with E-state index >= 15 is 0 Å². The zero-order valence-electron chi connectivity index (χ0n) is 10.3. The third kappa shape index (κ3) is 4.56. The van der Waals surface area contributed by atoms with Gasteiger partial charge in [0.1, 0.15) is 0 Å². The molecule has 1 aromatic heterocycles. The summed E-state index contributed by atoms with van der Waals surface area (Å²) < 4.78 is 0.880. The average Bonchev–Trinajstić information content (AvgIpc) is 2.92. The van der Waals surface area contributed by atoms with Crippen molar-refractivity contribution in [3.05, 3.63) is 57.2 Å².